The van der Waals surface area contributed by atoms with Gasteiger partial charge in [0.1, 0.15) is 0 Å². The molecule has 3 heteroatoms. The number of aliphatic carboxylic acids is 1. The molecule has 0 heterocycles. The summed E-state index contributed by atoms with van der Waals surface area (Å²) in [5, 5.41) is 12.5. The van der Waals surface area contributed by atoms with Gasteiger partial charge in [-0.05, 0) is 60.5 Å². The molecule has 0 aromatic rings. The zero-order valence-electron chi connectivity index (χ0n) is 25.5. The lowest BCUT2D eigenvalue weighted by Gasteiger charge is -2.34. The summed E-state index contributed by atoms with van der Waals surface area (Å²) in [5.41, 5.74) is 0.307. The summed E-state index contributed by atoms with van der Waals surface area (Å²) in [6, 6.07) is 0. The molecule has 0 bridgehead atoms. The minimum absolute atomic E-state index is 0.120. The fraction of sp³-hybridized carbons (Fsp3) is 0.970. The molecule has 216 valence electrons. The SMILES string of the molecule is CCCCCCCCC(CCCCCCCC)(CCCCCCCC)[PH2+]C(C)C(CCCC)C(=O)[O-]. The molecule has 0 aliphatic rings. The van der Waals surface area contributed by atoms with Crippen LogP contribution in [0.4, 0.5) is 0 Å². The molecule has 0 N–H and O–H groups in total. The predicted octanol–water partition coefficient (Wildman–Crippen LogP) is 10.3. The van der Waals surface area contributed by atoms with Crippen molar-refractivity contribution >= 4 is 14.6 Å². The van der Waals surface area contributed by atoms with Crippen LogP contribution >= 0.6 is 8.58 Å². The normalized spacial score (nSPS) is 14.0. The van der Waals surface area contributed by atoms with Gasteiger partial charge in [0.2, 0.25) is 0 Å². The number of hydrogen-bond acceptors (Lipinski definition) is 2. The first kappa shape index (κ1) is 35.9. The number of rotatable bonds is 28. The predicted molar refractivity (Wildman–Crippen MR) is 164 cm³/mol. The smallest absolute Gasteiger partial charge is 0.0757 e. The van der Waals surface area contributed by atoms with Gasteiger partial charge in [0.25, 0.3) is 0 Å². The van der Waals surface area contributed by atoms with E-state index >= 15 is 0 Å². The summed E-state index contributed by atoms with van der Waals surface area (Å²) in [5.74, 6) is -1.02. The Labute approximate surface area is 229 Å². The maximum absolute atomic E-state index is 12.1. The van der Waals surface area contributed by atoms with Crippen molar-refractivity contribution in [1.82, 2.24) is 0 Å². The summed E-state index contributed by atoms with van der Waals surface area (Å²) in [4.78, 5) is 12.1. The van der Waals surface area contributed by atoms with E-state index in [1.54, 1.807) is 0 Å². The molecule has 0 rings (SSSR count). The largest absolute Gasteiger partial charge is 0.550 e. The van der Waals surface area contributed by atoms with Crippen LogP contribution in [0.5, 0.6) is 0 Å². The molecule has 3 atom stereocenters. The van der Waals surface area contributed by atoms with Gasteiger partial charge in [-0.3, -0.25) is 0 Å². The van der Waals surface area contributed by atoms with E-state index in [0.29, 0.717) is 10.8 Å². The Morgan fingerprint density at radius 3 is 1.25 bits per heavy atom. The van der Waals surface area contributed by atoms with Crippen molar-refractivity contribution in [1.29, 1.82) is 0 Å². The molecule has 2 nitrogen and oxygen atoms in total. The van der Waals surface area contributed by atoms with Gasteiger partial charge in [-0.25, -0.2) is 0 Å². The molecule has 0 aromatic heterocycles. The lowest BCUT2D eigenvalue weighted by Crippen LogP contribution is -2.38. The van der Waals surface area contributed by atoms with E-state index in [9.17, 15) is 9.90 Å². The number of carboxylic acids is 1. The number of hydrogen-bond donors (Lipinski definition) is 0. The fourth-order valence-corrected chi connectivity index (χ4v) is 8.90. The fourth-order valence-electron chi connectivity index (χ4n) is 6.09. The molecule has 0 amide bonds. The average Bonchev–Trinajstić information content (AvgIpc) is 2.85. The molecule has 0 fully saturated rings. The van der Waals surface area contributed by atoms with Gasteiger partial charge in [0.05, 0.1) is 10.8 Å². The van der Waals surface area contributed by atoms with Crippen molar-refractivity contribution in [3.63, 3.8) is 0 Å². The van der Waals surface area contributed by atoms with Crippen LogP contribution in [0, 0.1) is 5.92 Å². The second-order valence-corrected chi connectivity index (χ2v) is 14.6. The first-order valence-electron chi connectivity index (χ1n) is 16.5. The molecule has 3 unspecified atom stereocenters. The van der Waals surface area contributed by atoms with Crippen LogP contribution < -0.4 is 5.11 Å². The van der Waals surface area contributed by atoms with E-state index in [0.717, 1.165) is 19.3 Å². The maximum Gasteiger partial charge on any atom is 0.0757 e. The van der Waals surface area contributed by atoms with E-state index < -0.39 is 5.97 Å². The topological polar surface area (TPSA) is 40.1 Å². The number of carbonyl (C=O) groups excluding carboxylic acids is 1. The van der Waals surface area contributed by atoms with Crippen molar-refractivity contribution in [2.24, 2.45) is 5.92 Å². The van der Waals surface area contributed by atoms with Gasteiger partial charge in [-0.15, -0.1) is 0 Å². The Kier molecular flexibility index (Phi) is 25.1. The highest BCUT2D eigenvalue weighted by molar-refractivity contribution is 7.41. The molecular weight excluding hydrogens is 459 g/mol. The van der Waals surface area contributed by atoms with E-state index in [-0.39, 0.29) is 14.5 Å². The van der Waals surface area contributed by atoms with Crippen LogP contribution in [0.2, 0.25) is 0 Å². The third-order valence-electron chi connectivity index (χ3n) is 8.51. The molecule has 0 saturated heterocycles. The summed E-state index contributed by atoms with van der Waals surface area (Å²) in [7, 11) is 0.120. The number of unbranched alkanes of at least 4 members (excludes halogenated alkanes) is 16. The minimum atomic E-state index is -0.781. The second-order valence-electron chi connectivity index (χ2n) is 12.0. The maximum atomic E-state index is 12.1. The Bertz CT molecular complexity index is 438. The summed E-state index contributed by atoms with van der Waals surface area (Å²) < 4.78 is 0. The van der Waals surface area contributed by atoms with Crippen molar-refractivity contribution in [3.8, 4) is 0 Å². The van der Waals surface area contributed by atoms with Gasteiger partial charge in [0.15, 0.2) is 0 Å². The molecule has 36 heavy (non-hydrogen) atoms. The third-order valence-corrected chi connectivity index (χ3v) is 11.1. The highest BCUT2D eigenvalue weighted by Crippen LogP contribution is 2.50. The third kappa shape index (κ3) is 19.0. The van der Waals surface area contributed by atoms with Crippen molar-refractivity contribution < 1.29 is 9.90 Å². The van der Waals surface area contributed by atoms with Crippen molar-refractivity contribution in [3.05, 3.63) is 0 Å². The van der Waals surface area contributed by atoms with Gasteiger partial charge in [-0.1, -0.05) is 137 Å². The zero-order valence-corrected chi connectivity index (χ0v) is 26.7. The first-order chi connectivity index (χ1) is 17.5. The second kappa shape index (κ2) is 25.2. The standard InChI is InChI=1S/C33H67O2P/c1-6-10-14-17-20-23-27-33(28-24-21-18-15-11-7-2,29-25-22-19-16-12-8-3)36-30(5)31(32(34)35)26-13-9-4/h30-31,36H,6-29H2,1-5H3,(H,34,35). The van der Waals surface area contributed by atoms with E-state index in [2.05, 4.69) is 34.6 Å². The molecule has 0 radical (unpaired) electrons. The van der Waals surface area contributed by atoms with E-state index in [1.165, 1.54) is 135 Å². The molecule has 0 spiro atoms. The number of carbonyl (C=O) groups is 1. The number of carboxylic acid groups (broad SMARTS) is 1. The Hall–Kier alpha value is -0.100. The quantitative estimate of drug-likeness (QED) is 0.0751. The van der Waals surface area contributed by atoms with Crippen molar-refractivity contribution in [2.45, 2.75) is 200 Å². The van der Waals surface area contributed by atoms with Gasteiger partial charge in [0, 0.05) is 11.9 Å². The molecular formula is C33H67O2P. The monoisotopic (exact) mass is 526 g/mol. The summed E-state index contributed by atoms with van der Waals surface area (Å²) >= 11 is 0. The molecule has 0 saturated carbocycles. The van der Waals surface area contributed by atoms with Crippen LogP contribution in [0.1, 0.15) is 189 Å². The van der Waals surface area contributed by atoms with Crippen LogP contribution in [-0.2, 0) is 4.79 Å². The van der Waals surface area contributed by atoms with Gasteiger partial charge >= 0.3 is 0 Å². The van der Waals surface area contributed by atoms with Crippen LogP contribution in [0.3, 0.4) is 0 Å². The Morgan fingerprint density at radius 2 is 0.917 bits per heavy atom. The summed E-state index contributed by atoms with van der Waals surface area (Å²) in [6.45, 7) is 11.3. The minimum Gasteiger partial charge on any atom is -0.550 e. The van der Waals surface area contributed by atoms with Crippen LogP contribution in [0.25, 0.3) is 0 Å². The van der Waals surface area contributed by atoms with Gasteiger partial charge < -0.3 is 9.90 Å². The Balaban J connectivity index is 5.36. The first-order valence-corrected chi connectivity index (χ1v) is 17.8. The lowest BCUT2D eigenvalue weighted by atomic mass is 9.88. The molecule has 0 aliphatic carbocycles. The van der Waals surface area contributed by atoms with E-state index in [1.807, 2.05) is 0 Å². The zero-order chi connectivity index (χ0) is 26.9. The Morgan fingerprint density at radius 1 is 0.583 bits per heavy atom. The van der Waals surface area contributed by atoms with Crippen LogP contribution in [-0.4, -0.2) is 16.8 Å². The van der Waals surface area contributed by atoms with Gasteiger partial charge in [-0.2, -0.15) is 0 Å². The van der Waals surface area contributed by atoms with E-state index in [4.69, 9.17) is 0 Å². The highest BCUT2D eigenvalue weighted by Gasteiger charge is 2.39. The molecule has 0 aliphatic heterocycles. The lowest BCUT2D eigenvalue weighted by molar-refractivity contribution is -0.311. The highest BCUT2D eigenvalue weighted by atomic mass is 31.1. The average molecular weight is 527 g/mol. The summed E-state index contributed by atoms with van der Waals surface area (Å²) in [6.07, 6.45) is 31.4. The molecule has 0 aromatic carbocycles. The van der Waals surface area contributed by atoms with Crippen LogP contribution in [0.15, 0.2) is 0 Å². The van der Waals surface area contributed by atoms with Crippen molar-refractivity contribution in [2.75, 3.05) is 0 Å².